The molecule has 0 aliphatic carbocycles. The Morgan fingerprint density at radius 3 is 3.06 bits per heavy atom. The maximum absolute atomic E-state index is 9.94. The minimum absolute atomic E-state index is 0.381. The maximum atomic E-state index is 9.94. The fourth-order valence-corrected chi connectivity index (χ4v) is 2.43. The van der Waals surface area contributed by atoms with Crippen molar-refractivity contribution in [2.45, 2.75) is 32.4 Å². The van der Waals surface area contributed by atoms with Crippen LogP contribution >= 0.6 is 11.3 Å². The summed E-state index contributed by atoms with van der Waals surface area (Å²) in [6.07, 6.45) is 2.41. The molecule has 1 atom stereocenters. The standard InChI is InChI=1S/C11H15N3OS/c1-2-14-11(12-8-13-14)7-9(15)6-10-4-3-5-16-10/h3-5,8-9,15H,2,6-7H2,1H3. The third-order valence-electron chi connectivity index (χ3n) is 2.43. The Morgan fingerprint density at radius 2 is 2.38 bits per heavy atom. The first kappa shape index (κ1) is 11.3. The van der Waals surface area contributed by atoms with Gasteiger partial charge >= 0.3 is 0 Å². The minimum Gasteiger partial charge on any atom is -0.392 e. The lowest BCUT2D eigenvalue weighted by atomic mass is 10.1. The van der Waals surface area contributed by atoms with Crippen LogP contribution in [0.5, 0.6) is 0 Å². The number of aromatic nitrogens is 3. The van der Waals surface area contributed by atoms with Crippen LogP contribution in [0.4, 0.5) is 0 Å². The molecule has 2 aromatic heterocycles. The monoisotopic (exact) mass is 237 g/mol. The van der Waals surface area contributed by atoms with Gasteiger partial charge in [-0.2, -0.15) is 5.10 Å². The van der Waals surface area contributed by atoms with Gasteiger partial charge in [-0.1, -0.05) is 6.07 Å². The van der Waals surface area contributed by atoms with E-state index in [1.807, 2.05) is 29.1 Å². The van der Waals surface area contributed by atoms with Gasteiger partial charge in [0.2, 0.25) is 0 Å². The molecule has 0 radical (unpaired) electrons. The van der Waals surface area contributed by atoms with E-state index in [0.717, 1.165) is 12.4 Å². The summed E-state index contributed by atoms with van der Waals surface area (Å²) < 4.78 is 1.82. The number of thiophene rings is 1. The fraction of sp³-hybridized carbons (Fsp3) is 0.455. The first-order chi connectivity index (χ1) is 7.79. The molecule has 0 aromatic carbocycles. The van der Waals surface area contributed by atoms with E-state index >= 15 is 0 Å². The second-order valence-electron chi connectivity index (χ2n) is 3.63. The number of nitrogens with zero attached hydrogens (tertiary/aromatic N) is 3. The average Bonchev–Trinajstić information content (AvgIpc) is 2.88. The van der Waals surface area contributed by atoms with Crippen molar-refractivity contribution in [3.8, 4) is 0 Å². The second kappa shape index (κ2) is 5.23. The predicted molar refractivity (Wildman–Crippen MR) is 63.4 cm³/mol. The van der Waals surface area contributed by atoms with Crippen molar-refractivity contribution >= 4 is 11.3 Å². The summed E-state index contributed by atoms with van der Waals surface area (Å²) in [4.78, 5) is 5.36. The minimum atomic E-state index is -0.381. The smallest absolute Gasteiger partial charge is 0.138 e. The molecule has 0 fully saturated rings. The number of aryl methyl sites for hydroxylation is 1. The third-order valence-corrected chi connectivity index (χ3v) is 3.33. The van der Waals surface area contributed by atoms with Gasteiger partial charge in [-0.15, -0.1) is 11.3 Å². The molecule has 0 spiro atoms. The van der Waals surface area contributed by atoms with Crippen LogP contribution in [0.25, 0.3) is 0 Å². The quantitative estimate of drug-likeness (QED) is 0.857. The van der Waals surface area contributed by atoms with Gasteiger partial charge < -0.3 is 5.11 Å². The van der Waals surface area contributed by atoms with Crippen molar-refractivity contribution in [2.24, 2.45) is 0 Å². The van der Waals surface area contributed by atoms with Gasteiger partial charge in [0, 0.05) is 24.3 Å². The zero-order chi connectivity index (χ0) is 11.4. The van der Waals surface area contributed by atoms with Crippen molar-refractivity contribution in [3.63, 3.8) is 0 Å². The van der Waals surface area contributed by atoms with E-state index in [-0.39, 0.29) is 6.10 Å². The Labute approximate surface area is 98.6 Å². The highest BCUT2D eigenvalue weighted by Crippen LogP contribution is 2.13. The number of hydrogen-bond donors (Lipinski definition) is 1. The molecule has 0 bridgehead atoms. The zero-order valence-electron chi connectivity index (χ0n) is 9.21. The van der Waals surface area contributed by atoms with E-state index in [9.17, 15) is 5.11 Å². The molecule has 2 rings (SSSR count). The summed E-state index contributed by atoms with van der Waals surface area (Å²) in [5, 5.41) is 16.0. The van der Waals surface area contributed by atoms with Gasteiger partial charge in [-0.25, -0.2) is 4.98 Å². The maximum Gasteiger partial charge on any atom is 0.138 e. The van der Waals surface area contributed by atoms with Crippen molar-refractivity contribution in [1.29, 1.82) is 0 Å². The van der Waals surface area contributed by atoms with Gasteiger partial charge in [0.25, 0.3) is 0 Å². The van der Waals surface area contributed by atoms with Crippen molar-refractivity contribution in [1.82, 2.24) is 14.8 Å². The summed E-state index contributed by atoms with van der Waals surface area (Å²) in [5.41, 5.74) is 0. The Kier molecular flexibility index (Phi) is 3.69. The van der Waals surface area contributed by atoms with Crippen LogP contribution < -0.4 is 0 Å². The summed E-state index contributed by atoms with van der Waals surface area (Å²) >= 11 is 1.67. The lowest BCUT2D eigenvalue weighted by molar-refractivity contribution is 0.172. The molecular weight excluding hydrogens is 222 g/mol. The zero-order valence-corrected chi connectivity index (χ0v) is 10.0. The molecule has 86 valence electrons. The number of hydrogen-bond acceptors (Lipinski definition) is 4. The Hall–Kier alpha value is -1.20. The van der Waals surface area contributed by atoms with Crippen LogP contribution in [-0.2, 0) is 19.4 Å². The van der Waals surface area contributed by atoms with Gasteiger partial charge in [-0.05, 0) is 18.4 Å². The fourth-order valence-electron chi connectivity index (χ4n) is 1.65. The Balaban J connectivity index is 1.94. The number of rotatable bonds is 5. The Bertz CT molecular complexity index is 424. The Morgan fingerprint density at radius 1 is 1.50 bits per heavy atom. The highest BCUT2D eigenvalue weighted by atomic mass is 32.1. The number of aliphatic hydroxyl groups is 1. The molecule has 16 heavy (non-hydrogen) atoms. The summed E-state index contributed by atoms with van der Waals surface area (Å²) in [6.45, 7) is 2.81. The van der Waals surface area contributed by atoms with Crippen LogP contribution in [0.3, 0.4) is 0 Å². The molecule has 1 N–H and O–H groups in total. The van der Waals surface area contributed by atoms with Crippen LogP contribution in [0.2, 0.25) is 0 Å². The molecule has 0 amide bonds. The van der Waals surface area contributed by atoms with Crippen molar-refractivity contribution < 1.29 is 5.11 Å². The molecule has 1 unspecified atom stereocenters. The molecule has 0 saturated carbocycles. The molecule has 0 aliphatic rings. The lowest BCUT2D eigenvalue weighted by Gasteiger charge is -2.09. The SMILES string of the molecule is CCn1ncnc1CC(O)Cc1cccs1. The predicted octanol–water partition coefficient (Wildman–Crippen LogP) is 1.51. The van der Waals surface area contributed by atoms with Crippen molar-refractivity contribution in [3.05, 3.63) is 34.5 Å². The highest BCUT2D eigenvalue weighted by molar-refractivity contribution is 7.09. The number of aliphatic hydroxyl groups excluding tert-OH is 1. The average molecular weight is 237 g/mol. The molecule has 2 aromatic rings. The van der Waals surface area contributed by atoms with E-state index in [4.69, 9.17) is 0 Å². The van der Waals surface area contributed by atoms with Gasteiger partial charge in [0.1, 0.15) is 12.2 Å². The summed E-state index contributed by atoms with van der Waals surface area (Å²) in [5.74, 6) is 0.853. The van der Waals surface area contributed by atoms with Crippen molar-refractivity contribution in [2.75, 3.05) is 0 Å². The largest absolute Gasteiger partial charge is 0.392 e. The highest BCUT2D eigenvalue weighted by Gasteiger charge is 2.11. The van der Waals surface area contributed by atoms with E-state index in [2.05, 4.69) is 10.1 Å². The molecule has 4 nitrogen and oxygen atoms in total. The van der Waals surface area contributed by atoms with Crippen LogP contribution in [0, 0.1) is 0 Å². The van der Waals surface area contributed by atoms with Gasteiger partial charge in [-0.3, -0.25) is 4.68 Å². The van der Waals surface area contributed by atoms with E-state index in [1.165, 1.54) is 11.2 Å². The molecular formula is C11H15N3OS. The molecule has 5 heteroatoms. The first-order valence-corrected chi connectivity index (χ1v) is 6.24. The van der Waals surface area contributed by atoms with E-state index < -0.39 is 0 Å². The second-order valence-corrected chi connectivity index (χ2v) is 4.67. The third kappa shape index (κ3) is 2.68. The topological polar surface area (TPSA) is 50.9 Å². The van der Waals surface area contributed by atoms with E-state index in [0.29, 0.717) is 12.8 Å². The molecule has 2 heterocycles. The molecule has 0 aliphatic heterocycles. The van der Waals surface area contributed by atoms with Crippen LogP contribution in [-0.4, -0.2) is 26.0 Å². The summed E-state index contributed by atoms with van der Waals surface area (Å²) in [6, 6.07) is 4.04. The van der Waals surface area contributed by atoms with Gasteiger partial charge in [0.15, 0.2) is 0 Å². The van der Waals surface area contributed by atoms with Crippen LogP contribution in [0.15, 0.2) is 23.8 Å². The van der Waals surface area contributed by atoms with E-state index in [1.54, 1.807) is 11.3 Å². The summed E-state index contributed by atoms with van der Waals surface area (Å²) in [7, 11) is 0. The molecule has 0 saturated heterocycles. The van der Waals surface area contributed by atoms with Crippen LogP contribution in [0.1, 0.15) is 17.6 Å². The lowest BCUT2D eigenvalue weighted by Crippen LogP contribution is -2.17. The normalized spacial score (nSPS) is 12.9. The first-order valence-electron chi connectivity index (χ1n) is 5.36. The van der Waals surface area contributed by atoms with Gasteiger partial charge in [0.05, 0.1) is 6.10 Å².